The third-order valence-electron chi connectivity index (χ3n) is 21.8. The van der Waals surface area contributed by atoms with E-state index < -0.39 is 10.8 Å². The van der Waals surface area contributed by atoms with Crippen molar-refractivity contribution in [2.24, 2.45) is 0 Å². The normalized spacial score (nSPS) is 14.1. The fourth-order valence-corrected chi connectivity index (χ4v) is 16.9. The number of rotatable bonds is 10. The van der Waals surface area contributed by atoms with Gasteiger partial charge in [0, 0.05) is 55.6 Å². The van der Waals surface area contributed by atoms with Gasteiger partial charge in [0.05, 0.1) is 10.8 Å². The van der Waals surface area contributed by atoms with Crippen LogP contribution in [0.25, 0.3) is 135 Å². The smallest absolute Gasteiger partial charge is 0.164 e. The molecule has 0 radical (unpaired) electrons. The van der Waals surface area contributed by atoms with E-state index in [0.29, 0.717) is 34.9 Å². The molecule has 2 aliphatic heterocycles. The van der Waals surface area contributed by atoms with E-state index in [1.165, 1.54) is 44.5 Å². The molecule has 21 rings (SSSR count). The molecule has 0 saturated carbocycles. The van der Waals surface area contributed by atoms with Crippen LogP contribution >= 0.6 is 0 Å². The van der Waals surface area contributed by atoms with Gasteiger partial charge in [-0.2, -0.15) is 0 Å². The van der Waals surface area contributed by atoms with Crippen molar-refractivity contribution in [3.63, 3.8) is 0 Å². The summed E-state index contributed by atoms with van der Waals surface area (Å²) in [5.74, 6) is 6.54. The molecule has 106 heavy (non-hydrogen) atoms. The van der Waals surface area contributed by atoms with E-state index >= 15 is 0 Å². The van der Waals surface area contributed by atoms with Crippen LogP contribution in [0.5, 0.6) is 23.0 Å². The fourth-order valence-electron chi connectivity index (χ4n) is 16.9. The number of hydrogen-bond acceptors (Lipinski definition) is 8. The quantitative estimate of drug-likeness (QED) is 0.134. The first-order chi connectivity index (χ1) is 52.5. The van der Waals surface area contributed by atoms with Crippen LogP contribution in [0.4, 0.5) is 0 Å². The summed E-state index contributed by atoms with van der Waals surface area (Å²) in [6.45, 7) is 0. The Morgan fingerprint density at radius 1 is 0.151 bits per heavy atom. The van der Waals surface area contributed by atoms with Crippen LogP contribution in [0.2, 0.25) is 0 Å². The van der Waals surface area contributed by atoms with Crippen LogP contribution in [0.3, 0.4) is 0 Å². The van der Waals surface area contributed by atoms with Crippen LogP contribution in [0.1, 0.15) is 44.5 Å². The Hall–Kier alpha value is -14.1. The van der Waals surface area contributed by atoms with Gasteiger partial charge in [0.15, 0.2) is 34.9 Å². The van der Waals surface area contributed by atoms with Crippen LogP contribution < -0.4 is 9.47 Å². The third kappa shape index (κ3) is 9.62. The zero-order valence-electron chi connectivity index (χ0n) is 57.1. The summed E-state index contributed by atoms with van der Waals surface area (Å²) in [5, 5.41) is 0. The topological polar surface area (TPSA) is 95.8 Å². The van der Waals surface area contributed by atoms with E-state index in [4.69, 9.17) is 39.4 Å². The first-order valence-electron chi connectivity index (χ1n) is 35.9. The first-order valence-corrected chi connectivity index (χ1v) is 35.9. The third-order valence-corrected chi connectivity index (χ3v) is 21.8. The zero-order valence-corrected chi connectivity index (χ0v) is 57.1. The van der Waals surface area contributed by atoms with Crippen molar-refractivity contribution in [2.75, 3.05) is 0 Å². The standard InChI is InChI=1S/C98H60N6O2/c1-4-21-61(22-5-1)63-43-47-68(48-44-63)92-99-93(103-95(102-92)73-52-55-84-89(59-73)105-87-37-18-16-35-82(87)97(84)79-32-13-10-29-75(79)76-30-11-14-33-80(76)97)69-49-45-65(46-50-69)64-39-41-66(42-40-64)71-51-54-78-77-31-12-15-34-81(77)98(86(78)58-71)83-36-17-19-38-88(83)106-90-60-74(53-56-85(90)98)96-101-91(67-25-8-3-9-26-67)100-94(104-96)72-28-20-27-70(57-72)62-23-6-2-7-24-62/h1-60H. The minimum atomic E-state index is -0.724. The molecule has 8 heteroatoms. The van der Waals surface area contributed by atoms with Gasteiger partial charge >= 0.3 is 0 Å². The lowest BCUT2D eigenvalue weighted by atomic mass is 9.65. The summed E-state index contributed by atoms with van der Waals surface area (Å²) in [6.07, 6.45) is 0. The Balaban J connectivity index is 0.627. The maximum absolute atomic E-state index is 7.09. The minimum absolute atomic E-state index is 0.545. The number of fused-ring (bicyclic) bond motifs is 18. The maximum Gasteiger partial charge on any atom is 0.164 e. The lowest BCUT2D eigenvalue weighted by Gasteiger charge is -2.39. The molecule has 0 bridgehead atoms. The highest BCUT2D eigenvalue weighted by Crippen LogP contribution is 2.64. The molecule has 2 aliphatic carbocycles. The number of para-hydroxylation sites is 2. The van der Waals surface area contributed by atoms with Gasteiger partial charge in [-0.05, 0) is 125 Å². The highest BCUT2D eigenvalue weighted by atomic mass is 16.5. The predicted octanol–water partition coefficient (Wildman–Crippen LogP) is 23.7. The molecule has 4 heterocycles. The van der Waals surface area contributed by atoms with Gasteiger partial charge in [-0.1, -0.05) is 328 Å². The van der Waals surface area contributed by atoms with E-state index in [-0.39, 0.29) is 0 Å². The highest BCUT2D eigenvalue weighted by Gasteiger charge is 2.53. The van der Waals surface area contributed by atoms with E-state index in [0.717, 1.165) is 123 Å². The van der Waals surface area contributed by atoms with Crippen LogP contribution in [-0.2, 0) is 10.8 Å². The molecule has 2 aromatic heterocycles. The van der Waals surface area contributed by atoms with Crippen molar-refractivity contribution >= 4 is 0 Å². The molecular weight excluding hydrogens is 1290 g/mol. The molecule has 4 aliphatic rings. The molecular formula is C98H60N6O2. The van der Waals surface area contributed by atoms with Gasteiger partial charge in [0.25, 0.3) is 0 Å². The highest BCUT2D eigenvalue weighted by molar-refractivity contribution is 5.93. The number of ether oxygens (including phenoxy) is 2. The number of benzene rings is 15. The minimum Gasteiger partial charge on any atom is -0.457 e. The molecule has 0 fully saturated rings. The van der Waals surface area contributed by atoms with E-state index in [9.17, 15) is 0 Å². The number of aromatic nitrogens is 6. The Kier molecular flexibility index (Phi) is 13.9. The largest absolute Gasteiger partial charge is 0.457 e. The van der Waals surface area contributed by atoms with Crippen LogP contribution in [0, 0.1) is 0 Å². The van der Waals surface area contributed by atoms with Gasteiger partial charge < -0.3 is 9.47 Å². The second-order valence-corrected chi connectivity index (χ2v) is 27.5. The molecule has 1 unspecified atom stereocenters. The van der Waals surface area contributed by atoms with Crippen molar-refractivity contribution < 1.29 is 9.47 Å². The molecule has 0 N–H and O–H groups in total. The predicted molar refractivity (Wildman–Crippen MR) is 422 cm³/mol. The summed E-state index contributed by atoms with van der Waals surface area (Å²) in [7, 11) is 0. The van der Waals surface area contributed by atoms with Crippen molar-refractivity contribution in [3.8, 4) is 158 Å². The summed E-state index contributed by atoms with van der Waals surface area (Å²) >= 11 is 0. The Morgan fingerprint density at radius 3 is 0.849 bits per heavy atom. The van der Waals surface area contributed by atoms with Gasteiger partial charge in [0.2, 0.25) is 0 Å². The average Bonchev–Trinajstić information content (AvgIpc) is 1.49. The van der Waals surface area contributed by atoms with Crippen molar-refractivity contribution in [1.82, 2.24) is 29.9 Å². The molecule has 494 valence electrons. The summed E-state index contributed by atoms with van der Waals surface area (Å²) in [6, 6.07) is 129. The van der Waals surface area contributed by atoms with Gasteiger partial charge in [-0.25, -0.2) is 29.9 Å². The monoisotopic (exact) mass is 1350 g/mol. The molecule has 2 spiro atoms. The Labute approximate surface area is 613 Å². The fraction of sp³-hybridized carbons (Fsp3) is 0.0204. The second kappa shape index (κ2) is 24.3. The molecule has 8 nitrogen and oxygen atoms in total. The van der Waals surface area contributed by atoms with E-state index in [1.54, 1.807) is 0 Å². The van der Waals surface area contributed by atoms with Gasteiger partial charge in [0.1, 0.15) is 23.0 Å². The van der Waals surface area contributed by atoms with Crippen LogP contribution in [0.15, 0.2) is 364 Å². The summed E-state index contributed by atoms with van der Waals surface area (Å²) in [5.41, 5.74) is 26.7. The average molecular weight is 1350 g/mol. The van der Waals surface area contributed by atoms with E-state index in [1.807, 2.05) is 42.5 Å². The molecule has 17 aromatic rings. The lowest BCUT2D eigenvalue weighted by molar-refractivity contribution is 0.436. The molecule has 0 amide bonds. The summed E-state index contributed by atoms with van der Waals surface area (Å²) in [4.78, 5) is 31.4. The summed E-state index contributed by atoms with van der Waals surface area (Å²) < 4.78 is 14.1. The van der Waals surface area contributed by atoms with Crippen molar-refractivity contribution in [3.05, 3.63) is 408 Å². The number of hydrogen-bond donors (Lipinski definition) is 0. The van der Waals surface area contributed by atoms with Gasteiger partial charge in [-0.15, -0.1) is 0 Å². The van der Waals surface area contributed by atoms with Crippen molar-refractivity contribution in [1.29, 1.82) is 0 Å². The lowest BCUT2D eigenvalue weighted by Crippen LogP contribution is -2.32. The maximum atomic E-state index is 7.09. The zero-order chi connectivity index (χ0) is 69.9. The van der Waals surface area contributed by atoms with Crippen molar-refractivity contribution in [2.45, 2.75) is 10.8 Å². The molecule has 0 saturated heterocycles. The number of nitrogens with zero attached hydrogens (tertiary/aromatic N) is 6. The van der Waals surface area contributed by atoms with E-state index in [2.05, 4.69) is 322 Å². The molecule has 1 atom stereocenters. The first kappa shape index (κ1) is 60.7. The SMILES string of the molecule is c1ccc(-c2ccc(-c3nc(-c4ccc(-c5ccc(-c6ccc7c(c6)C6(c8ccccc8Oc8cc(-c9nc(-c%10ccccc%10)nc(-c%10cccc(-c%11ccccc%11)c%10)n9)ccc86)c6ccccc6-7)cc5)cc4)nc(-c4ccc5c(c4)Oc4ccccc4C54c5ccccc5-c5ccccc54)n3)cc2)cc1. The Bertz CT molecular complexity index is 6340. The Morgan fingerprint density at radius 2 is 0.406 bits per heavy atom. The molecule has 15 aromatic carbocycles. The van der Waals surface area contributed by atoms with Gasteiger partial charge in [-0.3, -0.25) is 0 Å². The second-order valence-electron chi connectivity index (χ2n) is 27.5. The van der Waals surface area contributed by atoms with Crippen LogP contribution in [-0.4, -0.2) is 29.9 Å².